The van der Waals surface area contributed by atoms with E-state index in [9.17, 15) is 17.6 Å². The second kappa shape index (κ2) is 9.36. The highest BCUT2D eigenvalue weighted by atomic mass is 35.5. The molecule has 1 aliphatic rings. The molecule has 0 N–H and O–H groups in total. The molecule has 0 radical (unpaired) electrons. The summed E-state index contributed by atoms with van der Waals surface area (Å²) in [7, 11) is -3.29. The number of hydrogen-bond donors (Lipinski definition) is 0. The fourth-order valence-electron chi connectivity index (χ4n) is 3.97. The van der Waals surface area contributed by atoms with Gasteiger partial charge in [-0.15, -0.1) is 5.10 Å². The van der Waals surface area contributed by atoms with Crippen LogP contribution in [0.4, 0.5) is 4.39 Å². The zero-order chi connectivity index (χ0) is 23.8. The van der Waals surface area contributed by atoms with E-state index >= 15 is 0 Å². The number of hydrogen-bond acceptors (Lipinski definition) is 5. The molecule has 0 unspecified atom stereocenters. The number of sulfonamides is 1. The average molecular weight is 494 g/mol. The number of rotatable bonds is 6. The van der Waals surface area contributed by atoms with Crippen molar-refractivity contribution in [3.05, 3.63) is 64.0 Å². The van der Waals surface area contributed by atoms with Crippen molar-refractivity contribution in [3.63, 3.8) is 0 Å². The van der Waals surface area contributed by atoms with Crippen LogP contribution in [-0.4, -0.2) is 50.4 Å². The first-order valence-corrected chi connectivity index (χ1v) is 12.6. The van der Waals surface area contributed by atoms with Crippen molar-refractivity contribution < 1.29 is 12.8 Å². The van der Waals surface area contributed by atoms with Gasteiger partial charge in [-0.05, 0) is 62.9 Å². The Morgan fingerprint density at radius 2 is 1.82 bits per heavy atom. The van der Waals surface area contributed by atoms with Gasteiger partial charge in [0.15, 0.2) is 5.82 Å². The van der Waals surface area contributed by atoms with Crippen molar-refractivity contribution >= 4 is 21.6 Å². The van der Waals surface area contributed by atoms with Crippen molar-refractivity contribution in [1.29, 1.82) is 0 Å². The van der Waals surface area contributed by atoms with Crippen LogP contribution >= 0.6 is 11.6 Å². The molecule has 0 atom stereocenters. The molecule has 1 aliphatic heterocycles. The highest BCUT2D eigenvalue weighted by molar-refractivity contribution is 7.89. The molecule has 0 aliphatic carbocycles. The van der Waals surface area contributed by atoms with Gasteiger partial charge >= 0.3 is 5.69 Å². The number of benzene rings is 1. The Morgan fingerprint density at radius 3 is 2.42 bits per heavy atom. The third kappa shape index (κ3) is 4.73. The van der Waals surface area contributed by atoms with Gasteiger partial charge in [0.25, 0.3) is 0 Å². The van der Waals surface area contributed by atoms with Gasteiger partial charge in [0.2, 0.25) is 10.0 Å². The smallest absolute Gasteiger partial charge is 0.263 e. The summed E-state index contributed by atoms with van der Waals surface area (Å²) in [6, 6.07) is 7.25. The molecule has 3 heterocycles. The number of piperidine rings is 1. The van der Waals surface area contributed by atoms with E-state index in [0.29, 0.717) is 54.6 Å². The molecular formula is C22H25ClFN5O3S. The molecule has 8 nitrogen and oxygen atoms in total. The first-order chi connectivity index (χ1) is 15.7. The van der Waals surface area contributed by atoms with Gasteiger partial charge in [0.05, 0.1) is 16.0 Å². The average Bonchev–Trinajstić information content (AvgIpc) is 3.10. The van der Waals surface area contributed by atoms with Crippen molar-refractivity contribution in [2.75, 3.05) is 13.1 Å². The van der Waals surface area contributed by atoms with Gasteiger partial charge in [-0.2, -0.15) is 0 Å². The molecule has 176 valence electrons. The van der Waals surface area contributed by atoms with Gasteiger partial charge in [-0.25, -0.2) is 31.2 Å². The van der Waals surface area contributed by atoms with E-state index in [1.54, 1.807) is 26.1 Å². The normalized spacial score (nSPS) is 15.9. The van der Waals surface area contributed by atoms with Crippen molar-refractivity contribution in [2.24, 2.45) is 5.92 Å². The zero-order valence-electron chi connectivity index (χ0n) is 18.4. The molecule has 11 heteroatoms. The lowest BCUT2D eigenvalue weighted by molar-refractivity contribution is 0.244. The first kappa shape index (κ1) is 23.6. The first-order valence-electron chi connectivity index (χ1n) is 10.7. The monoisotopic (exact) mass is 493 g/mol. The molecule has 0 bridgehead atoms. The Balaban J connectivity index is 1.65. The van der Waals surface area contributed by atoms with Gasteiger partial charge in [-0.3, -0.25) is 4.98 Å². The zero-order valence-corrected chi connectivity index (χ0v) is 19.9. The van der Waals surface area contributed by atoms with Crippen LogP contribution in [0.2, 0.25) is 5.02 Å². The number of aromatic nitrogens is 4. The summed E-state index contributed by atoms with van der Waals surface area (Å²) in [4.78, 5) is 17.3. The Hall–Kier alpha value is -2.56. The van der Waals surface area contributed by atoms with Gasteiger partial charge < -0.3 is 0 Å². The van der Waals surface area contributed by atoms with Crippen LogP contribution in [-0.2, 0) is 16.6 Å². The molecule has 1 aromatic carbocycles. The van der Waals surface area contributed by atoms with Gasteiger partial charge in [0, 0.05) is 37.6 Å². The van der Waals surface area contributed by atoms with E-state index in [2.05, 4.69) is 10.1 Å². The van der Waals surface area contributed by atoms with E-state index in [1.165, 1.54) is 44.0 Å². The fraction of sp³-hybridized carbons (Fsp3) is 0.409. The molecule has 2 aromatic heterocycles. The minimum absolute atomic E-state index is 0.0960. The molecule has 1 saturated heterocycles. The van der Waals surface area contributed by atoms with Crippen LogP contribution in [0, 0.1) is 11.7 Å². The molecule has 4 rings (SSSR count). The quantitative estimate of drug-likeness (QED) is 0.525. The van der Waals surface area contributed by atoms with E-state index in [4.69, 9.17) is 11.6 Å². The lowest BCUT2D eigenvalue weighted by Crippen LogP contribution is -2.43. The number of pyridine rings is 1. The van der Waals surface area contributed by atoms with Crippen molar-refractivity contribution in [3.8, 4) is 17.1 Å². The summed E-state index contributed by atoms with van der Waals surface area (Å²) in [6.45, 7) is 4.53. The molecule has 0 spiro atoms. The highest BCUT2D eigenvalue weighted by Crippen LogP contribution is 2.27. The van der Waals surface area contributed by atoms with Crippen molar-refractivity contribution in [2.45, 2.75) is 38.5 Å². The topological polar surface area (TPSA) is 90.1 Å². The largest absolute Gasteiger partial charge is 0.350 e. The maximum atomic E-state index is 13.5. The lowest BCUT2D eigenvalue weighted by atomic mass is 9.98. The second-order valence-electron chi connectivity index (χ2n) is 8.39. The summed E-state index contributed by atoms with van der Waals surface area (Å²) < 4.78 is 42.7. The molecule has 0 saturated carbocycles. The molecule has 33 heavy (non-hydrogen) atoms. The Morgan fingerprint density at radius 1 is 1.15 bits per heavy atom. The number of halogens is 2. The maximum absolute atomic E-state index is 13.5. The third-order valence-electron chi connectivity index (χ3n) is 5.90. The van der Waals surface area contributed by atoms with Crippen LogP contribution in [0.1, 0.15) is 26.7 Å². The van der Waals surface area contributed by atoms with Gasteiger partial charge in [0.1, 0.15) is 5.82 Å². The summed E-state index contributed by atoms with van der Waals surface area (Å²) in [5, 5.41) is 4.43. The van der Waals surface area contributed by atoms with Crippen molar-refractivity contribution in [1.82, 2.24) is 23.6 Å². The Bertz CT molecular complexity index is 1300. The molecule has 1 fully saturated rings. The summed E-state index contributed by atoms with van der Waals surface area (Å²) in [5.74, 6) is 0.0169. The van der Waals surface area contributed by atoms with E-state index in [-0.39, 0.29) is 11.6 Å². The van der Waals surface area contributed by atoms with Crippen LogP contribution in [0.5, 0.6) is 0 Å². The Kier molecular flexibility index (Phi) is 6.69. The molecule has 0 amide bonds. The molecular weight excluding hydrogens is 469 g/mol. The predicted molar refractivity (Wildman–Crippen MR) is 124 cm³/mol. The second-order valence-corrected chi connectivity index (χ2v) is 11.3. The van der Waals surface area contributed by atoms with E-state index in [1.807, 2.05) is 0 Å². The minimum atomic E-state index is -3.29. The van der Waals surface area contributed by atoms with Crippen LogP contribution in [0.3, 0.4) is 0 Å². The molecule has 3 aromatic rings. The standard InChI is InChI=1S/C22H25ClFN5O3S/c1-15(2)33(31,32)27-11-8-16(9-12-27)14-28-22(30)29(18-5-3-17(24)4-6-18)21(26-28)19-7-10-25-13-20(19)23/h3-7,10,13,15-16H,8-9,11-12,14H2,1-2H3. The van der Waals surface area contributed by atoms with E-state index < -0.39 is 21.1 Å². The summed E-state index contributed by atoms with van der Waals surface area (Å²) in [5.41, 5.74) is 0.625. The Labute approximate surface area is 196 Å². The SMILES string of the molecule is CC(C)S(=O)(=O)N1CCC(Cn2nc(-c3ccncc3Cl)n(-c3ccc(F)cc3)c2=O)CC1. The van der Waals surface area contributed by atoms with Crippen LogP contribution in [0.25, 0.3) is 17.1 Å². The summed E-state index contributed by atoms with van der Waals surface area (Å²) >= 11 is 6.33. The number of nitrogens with zero attached hydrogens (tertiary/aromatic N) is 5. The lowest BCUT2D eigenvalue weighted by Gasteiger charge is -2.32. The summed E-state index contributed by atoms with van der Waals surface area (Å²) in [6.07, 6.45) is 4.30. The van der Waals surface area contributed by atoms with E-state index in [0.717, 1.165) is 0 Å². The third-order valence-corrected chi connectivity index (χ3v) is 8.48. The fourth-order valence-corrected chi connectivity index (χ4v) is 5.49. The maximum Gasteiger partial charge on any atom is 0.350 e. The van der Waals surface area contributed by atoms with Crippen LogP contribution in [0.15, 0.2) is 47.5 Å². The van der Waals surface area contributed by atoms with Gasteiger partial charge in [-0.1, -0.05) is 11.6 Å². The van der Waals surface area contributed by atoms with Crippen LogP contribution < -0.4 is 5.69 Å². The predicted octanol–water partition coefficient (Wildman–Crippen LogP) is 3.34. The highest BCUT2D eigenvalue weighted by Gasteiger charge is 2.31. The minimum Gasteiger partial charge on any atom is -0.263 e.